The summed E-state index contributed by atoms with van der Waals surface area (Å²) < 4.78 is 48.1. The van der Waals surface area contributed by atoms with Crippen molar-refractivity contribution in [3.63, 3.8) is 0 Å². The Kier molecular flexibility index (Phi) is 5.70. The molecule has 1 aromatic rings. The van der Waals surface area contributed by atoms with Gasteiger partial charge in [0.05, 0.1) is 24.3 Å². The average Bonchev–Trinajstić information content (AvgIpc) is 2.64. The fourth-order valence-electron chi connectivity index (χ4n) is 3.80. The van der Waals surface area contributed by atoms with Crippen LogP contribution in [0.1, 0.15) is 31.2 Å². The largest absolute Gasteiger partial charge is 0.490 e. The van der Waals surface area contributed by atoms with E-state index in [1.165, 1.54) is 4.90 Å². The minimum absolute atomic E-state index is 0.0225. The molecule has 152 valence electrons. The third-order valence-electron chi connectivity index (χ3n) is 5.44. The number of carbonyl (C=O) groups excluding carboxylic acids is 1. The van der Waals surface area contributed by atoms with Gasteiger partial charge in [-0.2, -0.15) is 18.4 Å². The molecule has 1 aromatic carbocycles. The van der Waals surface area contributed by atoms with E-state index < -0.39 is 25.0 Å². The Balaban J connectivity index is 1.46. The summed E-state index contributed by atoms with van der Waals surface area (Å²) in [6.45, 7) is -0.671. The van der Waals surface area contributed by atoms with Crippen LogP contribution in [-0.2, 0) is 4.74 Å². The molecule has 2 aliphatic rings. The first-order chi connectivity index (χ1) is 13.2. The Hall–Kier alpha value is -2.47. The van der Waals surface area contributed by atoms with Crippen LogP contribution in [0.25, 0.3) is 0 Å². The lowest BCUT2D eigenvalue weighted by Crippen LogP contribution is -2.52. The summed E-state index contributed by atoms with van der Waals surface area (Å²) in [4.78, 5) is 13.2. The summed E-state index contributed by atoms with van der Waals surface area (Å²) in [6, 6.07) is 8.99. The SMILES string of the molecule is N#Cc1cccc(OC2CC3(CCN(C(=O)O[C@H](CO)C(F)(F)F)CC3)C2)c1. The topological polar surface area (TPSA) is 82.8 Å². The molecule has 6 nitrogen and oxygen atoms in total. The molecular weight excluding hydrogens is 377 g/mol. The highest BCUT2D eigenvalue weighted by atomic mass is 19.4. The molecule has 1 amide bonds. The summed E-state index contributed by atoms with van der Waals surface area (Å²) in [7, 11) is 0. The lowest BCUT2D eigenvalue weighted by molar-refractivity contribution is -0.215. The predicted molar refractivity (Wildman–Crippen MR) is 91.5 cm³/mol. The number of aliphatic hydroxyl groups is 1. The second-order valence-electron chi connectivity index (χ2n) is 7.37. The van der Waals surface area contributed by atoms with Crippen LogP contribution in [0.5, 0.6) is 5.75 Å². The van der Waals surface area contributed by atoms with E-state index in [0.29, 0.717) is 37.2 Å². The Labute approximate surface area is 160 Å². The van der Waals surface area contributed by atoms with E-state index in [1.54, 1.807) is 24.3 Å². The summed E-state index contributed by atoms with van der Waals surface area (Å²) in [5.41, 5.74) is 0.549. The highest BCUT2D eigenvalue weighted by molar-refractivity contribution is 5.68. The molecule has 1 saturated carbocycles. The van der Waals surface area contributed by atoms with Crippen molar-refractivity contribution in [3.8, 4) is 11.8 Å². The van der Waals surface area contributed by atoms with Crippen LogP contribution in [0, 0.1) is 16.7 Å². The second-order valence-corrected chi connectivity index (χ2v) is 7.37. The summed E-state index contributed by atoms with van der Waals surface area (Å²) in [6.07, 6.45) is -5.39. The molecule has 28 heavy (non-hydrogen) atoms. The molecule has 1 aliphatic heterocycles. The van der Waals surface area contributed by atoms with Crippen LogP contribution in [0.2, 0.25) is 0 Å². The van der Waals surface area contributed by atoms with Gasteiger partial charge < -0.3 is 19.5 Å². The highest BCUT2D eigenvalue weighted by Gasteiger charge is 2.49. The average molecular weight is 398 g/mol. The number of amides is 1. The third-order valence-corrected chi connectivity index (χ3v) is 5.44. The molecule has 2 fully saturated rings. The minimum Gasteiger partial charge on any atom is -0.490 e. The molecule has 9 heteroatoms. The maximum Gasteiger partial charge on any atom is 0.427 e. The third kappa shape index (κ3) is 4.50. The van der Waals surface area contributed by atoms with E-state index in [0.717, 1.165) is 12.8 Å². The van der Waals surface area contributed by atoms with Crippen molar-refractivity contribution < 1.29 is 32.5 Å². The molecule has 1 atom stereocenters. The summed E-state index contributed by atoms with van der Waals surface area (Å²) in [5.74, 6) is 0.641. The number of hydrogen-bond donors (Lipinski definition) is 1. The number of nitriles is 1. The smallest absolute Gasteiger partial charge is 0.427 e. The molecule has 0 aromatic heterocycles. The fraction of sp³-hybridized carbons (Fsp3) is 0.579. The number of nitrogens with zero attached hydrogens (tertiary/aromatic N) is 2. The number of rotatable bonds is 4. The van der Waals surface area contributed by atoms with Crippen molar-refractivity contribution >= 4 is 6.09 Å². The normalized spacial score (nSPS) is 20.2. The molecule has 0 radical (unpaired) electrons. The first-order valence-corrected chi connectivity index (χ1v) is 9.05. The van der Waals surface area contributed by atoms with Crippen molar-refractivity contribution in [3.05, 3.63) is 29.8 Å². The van der Waals surface area contributed by atoms with Crippen molar-refractivity contribution in [1.82, 2.24) is 4.90 Å². The number of alkyl halides is 3. The number of halogens is 3. The number of hydrogen-bond acceptors (Lipinski definition) is 5. The zero-order valence-electron chi connectivity index (χ0n) is 15.1. The van der Waals surface area contributed by atoms with Crippen molar-refractivity contribution in [2.45, 2.75) is 44.1 Å². The highest BCUT2D eigenvalue weighted by Crippen LogP contribution is 2.50. The molecule has 0 unspecified atom stereocenters. The second kappa shape index (κ2) is 7.87. The van der Waals surface area contributed by atoms with Crippen LogP contribution >= 0.6 is 0 Å². The maximum atomic E-state index is 12.6. The quantitative estimate of drug-likeness (QED) is 0.842. The van der Waals surface area contributed by atoms with E-state index in [-0.39, 0.29) is 11.5 Å². The van der Waals surface area contributed by atoms with Crippen LogP contribution < -0.4 is 4.74 Å². The molecule has 0 bridgehead atoms. The Morgan fingerprint density at radius 3 is 2.61 bits per heavy atom. The van der Waals surface area contributed by atoms with Gasteiger partial charge in [-0.15, -0.1) is 0 Å². The Bertz CT molecular complexity index is 746. The van der Waals surface area contributed by atoms with Gasteiger partial charge in [0.1, 0.15) is 5.75 Å². The van der Waals surface area contributed by atoms with E-state index in [9.17, 15) is 18.0 Å². The number of benzene rings is 1. The van der Waals surface area contributed by atoms with Gasteiger partial charge in [0.25, 0.3) is 0 Å². The van der Waals surface area contributed by atoms with Gasteiger partial charge in [-0.3, -0.25) is 0 Å². The monoisotopic (exact) mass is 398 g/mol. The lowest BCUT2D eigenvalue weighted by Gasteiger charge is -2.51. The van der Waals surface area contributed by atoms with Gasteiger partial charge in [0, 0.05) is 13.1 Å². The van der Waals surface area contributed by atoms with Gasteiger partial charge in [-0.05, 0) is 49.3 Å². The number of ether oxygens (including phenoxy) is 2. The number of carbonyl (C=O) groups is 1. The Morgan fingerprint density at radius 2 is 2.04 bits per heavy atom. The van der Waals surface area contributed by atoms with E-state index >= 15 is 0 Å². The number of aliphatic hydroxyl groups excluding tert-OH is 1. The van der Waals surface area contributed by atoms with Crippen LogP contribution in [0.3, 0.4) is 0 Å². The lowest BCUT2D eigenvalue weighted by atomic mass is 9.61. The standard InChI is InChI=1S/C19H21F3N2O4/c20-19(21,22)16(12-25)28-17(26)24-6-4-18(5-7-24)9-15(10-18)27-14-3-1-2-13(8-14)11-23/h1-3,8,15-16,25H,4-7,9-10,12H2/t16-/m1/s1. The molecule has 3 rings (SSSR count). The van der Waals surface area contributed by atoms with Crippen LogP contribution in [0.15, 0.2) is 24.3 Å². The van der Waals surface area contributed by atoms with Gasteiger partial charge in [0.2, 0.25) is 6.10 Å². The van der Waals surface area contributed by atoms with Gasteiger partial charge in [0.15, 0.2) is 0 Å². The first kappa shape index (κ1) is 20.3. The number of likely N-dealkylation sites (tertiary alicyclic amines) is 1. The molecule has 1 heterocycles. The zero-order valence-corrected chi connectivity index (χ0v) is 15.1. The van der Waals surface area contributed by atoms with Crippen LogP contribution in [-0.4, -0.2) is 54.2 Å². The molecule has 1 aliphatic carbocycles. The van der Waals surface area contributed by atoms with E-state index in [2.05, 4.69) is 10.8 Å². The van der Waals surface area contributed by atoms with Crippen molar-refractivity contribution in [2.75, 3.05) is 19.7 Å². The fourth-order valence-corrected chi connectivity index (χ4v) is 3.80. The molecule has 1 saturated heterocycles. The van der Waals surface area contributed by atoms with Gasteiger partial charge >= 0.3 is 12.3 Å². The summed E-state index contributed by atoms with van der Waals surface area (Å²) >= 11 is 0. The van der Waals surface area contributed by atoms with E-state index in [1.807, 2.05) is 0 Å². The molecular formula is C19H21F3N2O4. The van der Waals surface area contributed by atoms with E-state index in [4.69, 9.17) is 15.1 Å². The minimum atomic E-state index is -4.79. The van der Waals surface area contributed by atoms with Crippen LogP contribution in [0.4, 0.5) is 18.0 Å². The Morgan fingerprint density at radius 1 is 1.36 bits per heavy atom. The zero-order chi connectivity index (χ0) is 20.4. The molecule has 1 spiro atoms. The molecule has 1 N–H and O–H groups in total. The first-order valence-electron chi connectivity index (χ1n) is 9.05. The maximum absolute atomic E-state index is 12.6. The number of piperidine rings is 1. The van der Waals surface area contributed by atoms with Crippen molar-refractivity contribution in [1.29, 1.82) is 5.26 Å². The van der Waals surface area contributed by atoms with Crippen molar-refractivity contribution in [2.24, 2.45) is 5.41 Å². The predicted octanol–water partition coefficient (Wildman–Crippen LogP) is 3.24. The van der Waals surface area contributed by atoms with Gasteiger partial charge in [-0.1, -0.05) is 6.07 Å². The summed E-state index contributed by atoms with van der Waals surface area (Å²) in [5, 5.41) is 17.7. The van der Waals surface area contributed by atoms with Gasteiger partial charge in [-0.25, -0.2) is 4.79 Å².